The van der Waals surface area contributed by atoms with Crippen LogP contribution in [0.4, 0.5) is 14.6 Å². The Morgan fingerprint density at radius 2 is 1.59 bits per heavy atom. The van der Waals surface area contributed by atoms with Crippen LogP contribution < -0.4 is 9.64 Å². The van der Waals surface area contributed by atoms with Crippen LogP contribution in [-0.2, 0) is 11.3 Å². The van der Waals surface area contributed by atoms with Crippen LogP contribution in [0, 0.1) is 11.6 Å². The normalized spacial score (nSPS) is 13.3. The van der Waals surface area contributed by atoms with Crippen molar-refractivity contribution in [2.24, 2.45) is 0 Å². The van der Waals surface area contributed by atoms with Gasteiger partial charge in [0.1, 0.15) is 36.1 Å². The van der Waals surface area contributed by atoms with Gasteiger partial charge in [-0.25, -0.2) is 28.4 Å². The first-order chi connectivity index (χ1) is 20.0. The van der Waals surface area contributed by atoms with Gasteiger partial charge in [0, 0.05) is 49.6 Å². The van der Waals surface area contributed by atoms with Crippen LogP contribution in [0.25, 0.3) is 22.8 Å². The van der Waals surface area contributed by atoms with Crippen LogP contribution in [0.1, 0.15) is 0 Å². The zero-order valence-electron chi connectivity index (χ0n) is 21.8. The van der Waals surface area contributed by atoms with Gasteiger partial charge in [0.25, 0.3) is 0 Å². The van der Waals surface area contributed by atoms with Crippen molar-refractivity contribution in [2.75, 3.05) is 31.1 Å². The average Bonchev–Trinajstić information content (AvgIpc) is 3.42. The Labute approximate surface area is 233 Å². The summed E-state index contributed by atoms with van der Waals surface area (Å²) in [7, 11) is 0. The van der Waals surface area contributed by atoms with Crippen molar-refractivity contribution in [1.29, 1.82) is 0 Å². The van der Waals surface area contributed by atoms with Gasteiger partial charge in [-0.05, 0) is 60.7 Å². The van der Waals surface area contributed by atoms with Gasteiger partial charge in [0.15, 0.2) is 11.6 Å². The number of ether oxygens (including phenoxy) is 1. The van der Waals surface area contributed by atoms with E-state index in [0.717, 1.165) is 0 Å². The van der Waals surface area contributed by atoms with Crippen molar-refractivity contribution in [1.82, 2.24) is 34.6 Å². The van der Waals surface area contributed by atoms with E-state index in [-0.39, 0.29) is 24.1 Å². The number of benzene rings is 2. The lowest BCUT2D eigenvalue weighted by molar-refractivity contribution is -0.132. The molecule has 0 unspecified atom stereocenters. The molecule has 0 N–H and O–H groups in total. The fourth-order valence-electron chi connectivity index (χ4n) is 4.49. The number of hydrogen-bond acceptors (Lipinski definition) is 8. The molecule has 3 aromatic heterocycles. The monoisotopic (exact) mass is 554 g/mol. The van der Waals surface area contributed by atoms with Crippen LogP contribution in [-0.4, -0.2) is 66.7 Å². The number of piperazine rings is 1. The molecule has 0 radical (unpaired) electrons. The number of hydrogen-bond donors (Lipinski definition) is 0. The lowest BCUT2D eigenvalue weighted by atomic mass is 10.2. The predicted octanol–water partition coefficient (Wildman–Crippen LogP) is 4.22. The average molecular weight is 555 g/mol. The van der Waals surface area contributed by atoms with Gasteiger partial charge in [0.2, 0.25) is 11.8 Å². The molecule has 1 amide bonds. The zero-order chi connectivity index (χ0) is 28.2. The number of pyridine rings is 1. The lowest BCUT2D eigenvalue weighted by Gasteiger charge is -2.35. The van der Waals surface area contributed by atoms with Crippen molar-refractivity contribution in [3.63, 3.8) is 0 Å². The number of amides is 1. The molecule has 1 saturated heterocycles. The second kappa shape index (κ2) is 11.5. The molecule has 0 bridgehead atoms. The van der Waals surface area contributed by atoms with Crippen LogP contribution >= 0.6 is 0 Å². The van der Waals surface area contributed by atoms with Gasteiger partial charge < -0.3 is 14.5 Å². The Bertz CT molecular complexity index is 1640. The van der Waals surface area contributed by atoms with Gasteiger partial charge in [0.05, 0.1) is 6.20 Å². The molecule has 10 nitrogen and oxygen atoms in total. The third-order valence-corrected chi connectivity index (χ3v) is 6.60. The maximum atomic E-state index is 13.6. The molecule has 6 rings (SSSR count). The molecule has 2 aromatic carbocycles. The van der Waals surface area contributed by atoms with Crippen molar-refractivity contribution in [3.8, 4) is 34.4 Å². The molecular weight excluding hydrogens is 530 g/mol. The standard InChI is InChI=1S/C29H24F2N8O2/c30-22-7-3-20(4-8-22)28-35-29(21-5-9-23(31)10-6-21)39(36-28)18-27(40)38-14-12-37(13-15-38)25-16-26(34-19-33-25)41-24-2-1-11-32-17-24/h1-11,16-17,19H,12-15,18H2. The van der Waals surface area contributed by atoms with E-state index in [9.17, 15) is 13.6 Å². The molecule has 5 aromatic rings. The lowest BCUT2D eigenvalue weighted by Crippen LogP contribution is -2.50. The highest BCUT2D eigenvalue weighted by atomic mass is 19.1. The van der Waals surface area contributed by atoms with Crippen LogP contribution in [0.5, 0.6) is 11.6 Å². The first-order valence-corrected chi connectivity index (χ1v) is 12.9. The second-order valence-corrected chi connectivity index (χ2v) is 9.30. The highest BCUT2D eigenvalue weighted by Gasteiger charge is 2.24. The summed E-state index contributed by atoms with van der Waals surface area (Å²) in [5.74, 6) is 1.54. The van der Waals surface area contributed by atoms with E-state index >= 15 is 0 Å². The fraction of sp³-hybridized carbons (Fsp3) is 0.172. The van der Waals surface area contributed by atoms with Crippen LogP contribution in [0.3, 0.4) is 0 Å². The van der Waals surface area contributed by atoms with E-state index in [1.54, 1.807) is 59.8 Å². The summed E-state index contributed by atoms with van der Waals surface area (Å²) in [4.78, 5) is 34.4. The van der Waals surface area contributed by atoms with Crippen LogP contribution in [0.15, 0.2) is 85.5 Å². The largest absolute Gasteiger partial charge is 0.437 e. The summed E-state index contributed by atoms with van der Waals surface area (Å²) in [5, 5.41) is 4.55. The van der Waals surface area contributed by atoms with E-state index in [2.05, 4.69) is 29.9 Å². The smallest absolute Gasteiger partial charge is 0.244 e. The molecule has 12 heteroatoms. The highest BCUT2D eigenvalue weighted by molar-refractivity contribution is 5.77. The number of carbonyl (C=O) groups is 1. The second-order valence-electron chi connectivity index (χ2n) is 9.30. The Kier molecular flexibility index (Phi) is 7.27. The SMILES string of the molecule is O=C(Cn1nc(-c2ccc(F)cc2)nc1-c1ccc(F)cc1)N1CCN(c2cc(Oc3cccnc3)ncn2)CC1. The number of anilines is 1. The van der Waals surface area contributed by atoms with Gasteiger partial charge in [-0.1, -0.05) is 0 Å². The van der Waals surface area contributed by atoms with Gasteiger partial charge in [-0.2, -0.15) is 0 Å². The van der Waals surface area contributed by atoms with Gasteiger partial charge in [-0.3, -0.25) is 9.78 Å². The number of rotatable bonds is 7. The Morgan fingerprint density at radius 1 is 0.878 bits per heavy atom. The first kappa shape index (κ1) is 26.0. The molecule has 0 aliphatic carbocycles. The minimum Gasteiger partial charge on any atom is -0.437 e. The van der Waals surface area contributed by atoms with Crippen molar-refractivity contribution < 1.29 is 18.3 Å². The summed E-state index contributed by atoms with van der Waals surface area (Å²) >= 11 is 0. The summed E-state index contributed by atoms with van der Waals surface area (Å²) < 4.78 is 34.3. The Balaban J connectivity index is 1.15. The minimum atomic E-state index is -0.382. The first-order valence-electron chi connectivity index (χ1n) is 12.9. The van der Waals surface area contributed by atoms with Crippen molar-refractivity contribution in [3.05, 3.63) is 97.1 Å². The minimum absolute atomic E-state index is 0.0580. The number of halogens is 2. The molecule has 4 heterocycles. The summed E-state index contributed by atoms with van der Waals surface area (Å²) in [6.07, 6.45) is 4.71. The van der Waals surface area contributed by atoms with Gasteiger partial charge in [-0.15, -0.1) is 5.10 Å². The summed E-state index contributed by atoms with van der Waals surface area (Å²) in [6.45, 7) is 2.04. The van der Waals surface area contributed by atoms with Gasteiger partial charge >= 0.3 is 0 Å². The Hall–Kier alpha value is -5.26. The Morgan fingerprint density at radius 3 is 2.27 bits per heavy atom. The molecular formula is C29H24F2N8O2. The van der Waals surface area contributed by atoms with E-state index in [0.29, 0.717) is 66.4 Å². The molecule has 41 heavy (non-hydrogen) atoms. The molecule has 0 atom stereocenters. The molecule has 1 fully saturated rings. The number of aromatic nitrogens is 6. The summed E-state index contributed by atoms with van der Waals surface area (Å²) in [5.41, 5.74) is 1.21. The van der Waals surface area contributed by atoms with E-state index < -0.39 is 0 Å². The zero-order valence-corrected chi connectivity index (χ0v) is 21.8. The quantitative estimate of drug-likeness (QED) is 0.295. The van der Waals surface area contributed by atoms with Crippen molar-refractivity contribution >= 4 is 11.7 Å². The van der Waals surface area contributed by atoms with Crippen molar-refractivity contribution in [2.45, 2.75) is 6.54 Å². The third kappa shape index (κ3) is 6.01. The van der Waals surface area contributed by atoms with Crippen LogP contribution in [0.2, 0.25) is 0 Å². The predicted molar refractivity (Wildman–Crippen MR) is 146 cm³/mol. The molecule has 1 aliphatic rings. The maximum absolute atomic E-state index is 13.6. The fourth-order valence-corrected chi connectivity index (χ4v) is 4.49. The number of carbonyl (C=O) groups excluding carboxylic acids is 1. The van der Waals surface area contributed by atoms with E-state index in [1.165, 1.54) is 35.3 Å². The van der Waals surface area contributed by atoms with E-state index in [4.69, 9.17) is 4.74 Å². The molecule has 0 saturated carbocycles. The third-order valence-electron chi connectivity index (χ3n) is 6.60. The molecule has 0 spiro atoms. The number of nitrogens with zero attached hydrogens (tertiary/aromatic N) is 8. The highest BCUT2D eigenvalue weighted by Crippen LogP contribution is 2.25. The topological polar surface area (TPSA) is 102 Å². The molecule has 206 valence electrons. The van der Waals surface area contributed by atoms with E-state index in [1.807, 2.05) is 0 Å². The summed E-state index contributed by atoms with van der Waals surface area (Å²) in [6, 6.07) is 16.9. The molecule has 1 aliphatic heterocycles. The maximum Gasteiger partial charge on any atom is 0.244 e.